The van der Waals surface area contributed by atoms with Gasteiger partial charge >= 0.3 is 0 Å². The minimum absolute atomic E-state index is 0.191. The molecule has 0 aliphatic carbocycles. The molecule has 22 heavy (non-hydrogen) atoms. The summed E-state index contributed by atoms with van der Waals surface area (Å²) in [5.41, 5.74) is 1.32. The molecule has 0 fully saturated rings. The Morgan fingerprint density at radius 3 is 2.27 bits per heavy atom. The van der Waals surface area contributed by atoms with Gasteiger partial charge in [0, 0.05) is 26.2 Å². The number of rotatable bonds is 7. The minimum Gasteiger partial charge on any atom is -0.395 e. The molecule has 0 radical (unpaired) electrons. The second kappa shape index (κ2) is 7.36. The maximum Gasteiger partial charge on any atom is 0.0555 e. The molecule has 0 atom stereocenters. The van der Waals surface area contributed by atoms with Crippen molar-refractivity contribution in [3.8, 4) is 0 Å². The van der Waals surface area contributed by atoms with E-state index >= 15 is 0 Å². The molecule has 114 valence electrons. The molecule has 0 unspecified atom stereocenters. The summed E-state index contributed by atoms with van der Waals surface area (Å²) in [6.07, 6.45) is 0. The van der Waals surface area contributed by atoms with Crippen LogP contribution in [0.3, 0.4) is 0 Å². The molecular weight excluding hydrogens is 272 g/mol. The Morgan fingerprint density at radius 1 is 0.727 bits per heavy atom. The molecule has 0 amide bonds. The van der Waals surface area contributed by atoms with Crippen molar-refractivity contribution in [2.24, 2.45) is 0 Å². The van der Waals surface area contributed by atoms with Crippen LogP contribution in [0, 0.1) is 0 Å². The summed E-state index contributed by atoms with van der Waals surface area (Å²) in [6, 6.07) is 19.5. The van der Waals surface area contributed by atoms with Crippen molar-refractivity contribution in [1.29, 1.82) is 0 Å². The number of hydrogen-bond donors (Lipinski definition) is 3. The van der Waals surface area contributed by atoms with E-state index in [1.807, 2.05) is 0 Å². The monoisotopic (exact) mass is 294 g/mol. The summed E-state index contributed by atoms with van der Waals surface area (Å²) in [6.45, 7) is 3.47. The fraction of sp³-hybridized carbons (Fsp3) is 0.263. The quantitative estimate of drug-likeness (QED) is 0.464. The Balaban J connectivity index is 1.76. The van der Waals surface area contributed by atoms with Gasteiger partial charge in [0.05, 0.1) is 6.61 Å². The minimum atomic E-state index is 0.191. The Hall–Kier alpha value is -1.94. The Kier molecular flexibility index (Phi) is 5.01. The Morgan fingerprint density at radius 2 is 1.45 bits per heavy atom. The average Bonchev–Trinajstić information content (AvgIpc) is 2.56. The molecule has 0 aromatic heterocycles. The van der Waals surface area contributed by atoms with Crippen molar-refractivity contribution >= 4 is 21.5 Å². The summed E-state index contributed by atoms with van der Waals surface area (Å²) in [4.78, 5) is 0. The molecule has 3 rings (SSSR count). The number of fused-ring (bicyclic) bond motifs is 2. The van der Waals surface area contributed by atoms with Gasteiger partial charge in [-0.2, -0.15) is 0 Å². The van der Waals surface area contributed by atoms with E-state index in [2.05, 4.69) is 65.2 Å². The fourth-order valence-electron chi connectivity index (χ4n) is 2.79. The van der Waals surface area contributed by atoms with Crippen LogP contribution in [0.1, 0.15) is 5.56 Å². The molecule has 3 nitrogen and oxygen atoms in total. The van der Waals surface area contributed by atoms with E-state index in [9.17, 15) is 0 Å². The first-order valence-corrected chi connectivity index (χ1v) is 7.81. The van der Waals surface area contributed by atoms with Crippen LogP contribution >= 0.6 is 0 Å². The zero-order valence-corrected chi connectivity index (χ0v) is 12.7. The van der Waals surface area contributed by atoms with Crippen LogP contribution in [-0.2, 0) is 6.54 Å². The predicted molar refractivity (Wildman–Crippen MR) is 93.1 cm³/mol. The van der Waals surface area contributed by atoms with Gasteiger partial charge in [-0.05, 0) is 39.2 Å². The molecule has 0 heterocycles. The zero-order chi connectivity index (χ0) is 15.2. The molecule has 3 aromatic carbocycles. The molecule has 0 aliphatic rings. The van der Waals surface area contributed by atoms with E-state index < -0.39 is 0 Å². The Bertz CT molecular complexity index is 755. The van der Waals surface area contributed by atoms with Crippen molar-refractivity contribution in [2.75, 3.05) is 26.2 Å². The van der Waals surface area contributed by atoms with Crippen LogP contribution in [0.15, 0.2) is 54.6 Å². The average molecular weight is 294 g/mol. The highest BCUT2D eigenvalue weighted by Gasteiger charge is 2.02. The van der Waals surface area contributed by atoms with Crippen molar-refractivity contribution in [3.05, 3.63) is 60.2 Å². The molecule has 3 N–H and O–H groups in total. The van der Waals surface area contributed by atoms with Crippen LogP contribution in [0.4, 0.5) is 0 Å². The lowest BCUT2D eigenvalue weighted by Gasteiger charge is -2.10. The van der Waals surface area contributed by atoms with Gasteiger partial charge < -0.3 is 15.7 Å². The number of benzene rings is 3. The van der Waals surface area contributed by atoms with Gasteiger partial charge in [0.2, 0.25) is 0 Å². The zero-order valence-electron chi connectivity index (χ0n) is 12.7. The van der Waals surface area contributed by atoms with E-state index in [1.165, 1.54) is 27.1 Å². The van der Waals surface area contributed by atoms with E-state index in [1.54, 1.807) is 0 Å². The van der Waals surface area contributed by atoms with Crippen LogP contribution in [0.5, 0.6) is 0 Å². The number of nitrogens with one attached hydrogen (secondary N) is 2. The van der Waals surface area contributed by atoms with Crippen LogP contribution < -0.4 is 10.6 Å². The maximum atomic E-state index is 8.72. The van der Waals surface area contributed by atoms with Crippen molar-refractivity contribution in [1.82, 2.24) is 10.6 Å². The first-order valence-electron chi connectivity index (χ1n) is 7.81. The van der Waals surface area contributed by atoms with Crippen LogP contribution in [0.2, 0.25) is 0 Å². The molecule has 3 heteroatoms. The summed E-state index contributed by atoms with van der Waals surface area (Å²) < 4.78 is 0. The second-order valence-electron chi connectivity index (χ2n) is 5.49. The van der Waals surface area contributed by atoms with Gasteiger partial charge in [-0.3, -0.25) is 0 Å². The van der Waals surface area contributed by atoms with E-state index in [0.717, 1.165) is 19.6 Å². The van der Waals surface area contributed by atoms with E-state index in [0.29, 0.717) is 6.54 Å². The smallest absolute Gasteiger partial charge is 0.0555 e. The van der Waals surface area contributed by atoms with Crippen molar-refractivity contribution in [3.63, 3.8) is 0 Å². The fourth-order valence-corrected chi connectivity index (χ4v) is 2.79. The van der Waals surface area contributed by atoms with Gasteiger partial charge in [0.25, 0.3) is 0 Å². The molecule has 0 saturated heterocycles. The Labute approximate surface area is 131 Å². The lowest BCUT2D eigenvalue weighted by molar-refractivity contribution is 0.292. The van der Waals surface area contributed by atoms with Crippen molar-refractivity contribution in [2.45, 2.75) is 6.54 Å². The highest BCUT2D eigenvalue weighted by Crippen LogP contribution is 2.25. The third-order valence-electron chi connectivity index (χ3n) is 3.92. The van der Waals surface area contributed by atoms with Crippen LogP contribution in [-0.4, -0.2) is 31.3 Å². The maximum absolute atomic E-state index is 8.72. The van der Waals surface area contributed by atoms with E-state index in [4.69, 9.17) is 5.11 Å². The molecular formula is C19H22N2O. The third-order valence-corrected chi connectivity index (χ3v) is 3.92. The van der Waals surface area contributed by atoms with Crippen LogP contribution in [0.25, 0.3) is 21.5 Å². The highest BCUT2D eigenvalue weighted by molar-refractivity contribution is 5.99. The number of hydrogen-bond acceptors (Lipinski definition) is 3. The van der Waals surface area contributed by atoms with Gasteiger partial charge in [-0.25, -0.2) is 0 Å². The first-order chi connectivity index (χ1) is 10.9. The first kappa shape index (κ1) is 15.0. The van der Waals surface area contributed by atoms with Gasteiger partial charge in [0.15, 0.2) is 0 Å². The van der Waals surface area contributed by atoms with Gasteiger partial charge in [-0.1, -0.05) is 42.5 Å². The lowest BCUT2D eigenvalue weighted by atomic mass is 10.00. The summed E-state index contributed by atoms with van der Waals surface area (Å²) in [7, 11) is 0. The molecule has 0 saturated carbocycles. The molecule has 0 aliphatic heterocycles. The normalized spacial score (nSPS) is 11.3. The standard InChI is InChI=1S/C19H22N2O/c22-11-10-20-8-9-21-14-18-7-3-6-17-12-15-4-1-2-5-16(15)13-19(17)18/h1-7,12-13,20-22H,8-11,14H2. The molecule has 3 aromatic rings. The molecule has 0 bridgehead atoms. The SMILES string of the molecule is OCCNCCNCc1cccc2cc3ccccc3cc12. The topological polar surface area (TPSA) is 44.3 Å². The van der Waals surface area contributed by atoms with Gasteiger partial charge in [0.1, 0.15) is 0 Å². The summed E-state index contributed by atoms with van der Waals surface area (Å²) in [5.74, 6) is 0. The largest absolute Gasteiger partial charge is 0.395 e. The highest BCUT2D eigenvalue weighted by atomic mass is 16.3. The van der Waals surface area contributed by atoms with E-state index in [-0.39, 0.29) is 6.61 Å². The third kappa shape index (κ3) is 3.45. The summed E-state index contributed by atoms with van der Waals surface area (Å²) >= 11 is 0. The predicted octanol–water partition coefficient (Wildman–Crippen LogP) is 2.66. The molecule has 0 spiro atoms. The summed E-state index contributed by atoms with van der Waals surface area (Å²) in [5, 5.41) is 20.5. The number of aliphatic hydroxyl groups is 1. The van der Waals surface area contributed by atoms with Crippen molar-refractivity contribution < 1.29 is 5.11 Å². The second-order valence-corrected chi connectivity index (χ2v) is 5.49. The number of aliphatic hydroxyl groups excluding tert-OH is 1. The lowest BCUT2D eigenvalue weighted by Crippen LogP contribution is -2.28. The van der Waals surface area contributed by atoms with Gasteiger partial charge in [-0.15, -0.1) is 0 Å².